The fourth-order valence-electron chi connectivity index (χ4n) is 4.48. The van der Waals surface area contributed by atoms with Crippen LogP contribution in [0.5, 0.6) is 0 Å². The van der Waals surface area contributed by atoms with Crippen LogP contribution < -0.4 is 5.32 Å². The van der Waals surface area contributed by atoms with Gasteiger partial charge in [0.25, 0.3) is 0 Å². The highest BCUT2D eigenvalue weighted by Crippen LogP contribution is 2.34. The van der Waals surface area contributed by atoms with E-state index in [4.69, 9.17) is 0 Å². The first kappa shape index (κ1) is 21.2. The molecule has 0 unspecified atom stereocenters. The SMILES string of the molecule is Cc1ccccc1[C@@H](O)[C@H]1CC[C@H]2C(=O)N(C/C=C/C=C\c3ccccc3)C(=O)[C@H]2N1. The minimum absolute atomic E-state index is 0.122. The van der Waals surface area contributed by atoms with Gasteiger partial charge >= 0.3 is 0 Å². The standard InChI is InChI=1S/C26H28N2O3/c1-18-10-7-8-14-20(18)24(29)22-16-15-21-23(27-22)26(31)28(25(21)30)17-9-3-6-13-19-11-4-2-5-12-19/h2-14,21-24,27,29H,15-17H2,1H3/b9-3+,13-6-/t21-,22-,23+,24-/m1/s1. The van der Waals surface area contributed by atoms with Crippen molar-refractivity contribution in [3.8, 4) is 0 Å². The first-order valence-corrected chi connectivity index (χ1v) is 10.8. The first-order valence-electron chi connectivity index (χ1n) is 10.8. The molecule has 2 fully saturated rings. The van der Waals surface area contributed by atoms with Crippen LogP contribution in [0.4, 0.5) is 0 Å². The summed E-state index contributed by atoms with van der Waals surface area (Å²) in [5.74, 6) is -0.669. The molecule has 2 aliphatic rings. The number of carbonyl (C=O) groups excluding carboxylic acids is 2. The molecule has 0 aromatic heterocycles. The molecule has 5 heteroatoms. The van der Waals surface area contributed by atoms with Gasteiger partial charge in [-0.1, -0.05) is 78.9 Å². The Kier molecular flexibility index (Phi) is 6.44. The Morgan fingerprint density at radius 2 is 1.77 bits per heavy atom. The third kappa shape index (κ3) is 4.53. The predicted molar refractivity (Wildman–Crippen MR) is 121 cm³/mol. The van der Waals surface area contributed by atoms with Gasteiger partial charge in [0, 0.05) is 12.6 Å². The highest BCUT2D eigenvalue weighted by Gasteiger charge is 2.50. The molecule has 31 heavy (non-hydrogen) atoms. The first-order chi connectivity index (χ1) is 15.1. The summed E-state index contributed by atoms with van der Waals surface area (Å²) >= 11 is 0. The van der Waals surface area contributed by atoms with Crippen LogP contribution in [0.1, 0.15) is 35.6 Å². The van der Waals surface area contributed by atoms with Gasteiger partial charge in [-0.05, 0) is 36.5 Å². The second kappa shape index (κ2) is 9.41. The summed E-state index contributed by atoms with van der Waals surface area (Å²) in [5, 5.41) is 14.1. The monoisotopic (exact) mass is 416 g/mol. The highest BCUT2D eigenvalue weighted by molar-refractivity contribution is 6.07. The average molecular weight is 417 g/mol. The topological polar surface area (TPSA) is 69.6 Å². The minimum atomic E-state index is -0.706. The Hall–Kier alpha value is -3.02. The number of aryl methyl sites for hydroxylation is 1. The van der Waals surface area contributed by atoms with Gasteiger partial charge in [-0.25, -0.2) is 0 Å². The van der Waals surface area contributed by atoms with E-state index in [1.165, 1.54) is 4.90 Å². The molecular formula is C26H28N2O3. The van der Waals surface area contributed by atoms with Gasteiger partial charge in [0.1, 0.15) is 0 Å². The fourth-order valence-corrected chi connectivity index (χ4v) is 4.48. The van der Waals surface area contributed by atoms with E-state index >= 15 is 0 Å². The summed E-state index contributed by atoms with van der Waals surface area (Å²) < 4.78 is 0. The Morgan fingerprint density at radius 3 is 2.55 bits per heavy atom. The van der Waals surface area contributed by atoms with Crippen molar-refractivity contribution in [2.24, 2.45) is 5.92 Å². The fraction of sp³-hybridized carbons (Fsp3) is 0.308. The van der Waals surface area contributed by atoms with Crippen LogP contribution >= 0.6 is 0 Å². The summed E-state index contributed by atoms with van der Waals surface area (Å²) in [6.07, 6.45) is 8.11. The van der Waals surface area contributed by atoms with Crippen molar-refractivity contribution >= 4 is 17.9 Å². The van der Waals surface area contributed by atoms with Crippen LogP contribution in [-0.4, -0.2) is 40.4 Å². The molecule has 2 N–H and O–H groups in total. The molecule has 0 aliphatic carbocycles. The molecule has 160 valence electrons. The second-order valence-electron chi connectivity index (χ2n) is 8.22. The van der Waals surface area contributed by atoms with E-state index in [-0.39, 0.29) is 30.3 Å². The van der Waals surface area contributed by atoms with Crippen molar-refractivity contribution in [1.29, 1.82) is 0 Å². The van der Waals surface area contributed by atoms with Crippen LogP contribution in [-0.2, 0) is 9.59 Å². The Bertz CT molecular complexity index is 999. The third-order valence-corrected chi connectivity index (χ3v) is 6.21. The third-order valence-electron chi connectivity index (χ3n) is 6.21. The summed E-state index contributed by atoms with van der Waals surface area (Å²) in [6.45, 7) is 2.23. The van der Waals surface area contributed by atoms with Crippen LogP contribution in [0.2, 0.25) is 0 Å². The number of fused-ring (bicyclic) bond motifs is 1. The number of hydrogen-bond donors (Lipinski definition) is 2. The van der Waals surface area contributed by atoms with Crippen LogP contribution in [0.3, 0.4) is 0 Å². The quantitative estimate of drug-likeness (QED) is 0.559. The smallest absolute Gasteiger partial charge is 0.247 e. The maximum absolute atomic E-state index is 12.9. The molecule has 2 saturated heterocycles. The molecule has 2 aromatic rings. The molecule has 0 radical (unpaired) electrons. The zero-order chi connectivity index (χ0) is 21.8. The number of allylic oxidation sites excluding steroid dienone is 2. The second-order valence-corrected chi connectivity index (χ2v) is 8.22. The highest BCUT2D eigenvalue weighted by atomic mass is 16.3. The number of imide groups is 1. The molecule has 0 saturated carbocycles. The van der Waals surface area contributed by atoms with Gasteiger partial charge in [-0.3, -0.25) is 19.8 Å². The molecule has 2 aliphatic heterocycles. The summed E-state index contributed by atoms with van der Waals surface area (Å²) in [6, 6.07) is 16.9. The van der Waals surface area contributed by atoms with Gasteiger partial charge in [-0.2, -0.15) is 0 Å². The number of hydrogen-bond acceptors (Lipinski definition) is 4. The lowest BCUT2D eigenvalue weighted by Crippen LogP contribution is -2.52. The van der Waals surface area contributed by atoms with E-state index in [1.54, 1.807) is 0 Å². The molecule has 0 bridgehead atoms. The van der Waals surface area contributed by atoms with E-state index in [0.29, 0.717) is 12.8 Å². The van der Waals surface area contributed by atoms with E-state index in [2.05, 4.69) is 5.32 Å². The number of aliphatic hydroxyl groups excluding tert-OH is 1. The summed E-state index contributed by atoms with van der Waals surface area (Å²) in [4.78, 5) is 27.0. The minimum Gasteiger partial charge on any atom is -0.387 e. The van der Waals surface area contributed by atoms with Gasteiger partial charge in [0.15, 0.2) is 0 Å². The van der Waals surface area contributed by atoms with Crippen LogP contribution in [0.15, 0.2) is 72.8 Å². The number of rotatable bonds is 6. The lowest BCUT2D eigenvalue weighted by Gasteiger charge is -2.34. The number of nitrogens with one attached hydrogen (secondary N) is 1. The Morgan fingerprint density at radius 1 is 1.03 bits per heavy atom. The van der Waals surface area contributed by atoms with Crippen LogP contribution in [0.25, 0.3) is 6.08 Å². The average Bonchev–Trinajstić information content (AvgIpc) is 3.03. The number of carbonyl (C=O) groups is 2. The van der Waals surface area contributed by atoms with Gasteiger partial charge in [-0.15, -0.1) is 0 Å². The largest absolute Gasteiger partial charge is 0.387 e. The molecule has 0 spiro atoms. The lowest BCUT2D eigenvalue weighted by molar-refractivity contribution is -0.138. The number of nitrogens with zero attached hydrogens (tertiary/aromatic N) is 1. The number of piperidine rings is 1. The number of benzene rings is 2. The molecule has 4 atom stereocenters. The molecule has 4 rings (SSSR count). The summed E-state index contributed by atoms with van der Waals surface area (Å²) in [5.41, 5.74) is 2.97. The normalized spacial score (nSPS) is 24.8. The maximum Gasteiger partial charge on any atom is 0.247 e. The van der Waals surface area contributed by atoms with Crippen molar-refractivity contribution in [2.75, 3.05) is 6.54 Å². The van der Waals surface area contributed by atoms with E-state index < -0.39 is 12.1 Å². The van der Waals surface area contributed by atoms with E-state index in [1.807, 2.05) is 85.8 Å². The molecular weight excluding hydrogens is 388 g/mol. The van der Waals surface area contributed by atoms with Crippen molar-refractivity contribution in [2.45, 2.75) is 38.0 Å². The lowest BCUT2D eigenvalue weighted by atomic mass is 9.85. The number of likely N-dealkylation sites (tertiary alicyclic amines) is 1. The zero-order valence-electron chi connectivity index (χ0n) is 17.6. The van der Waals surface area contributed by atoms with E-state index in [0.717, 1.165) is 16.7 Å². The van der Waals surface area contributed by atoms with Crippen molar-refractivity contribution in [3.63, 3.8) is 0 Å². The molecule has 5 nitrogen and oxygen atoms in total. The molecule has 2 amide bonds. The zero-order valence-corrected chi connectivity index (χ0v) is 17.6. The van der Waals surface area contributed by atoms with Gasteiger partial charge in [0.05, 0.1) is 18.1 Å². The van der Waals surface area contributed by atoms with Gasteiger partial charge in [0.2, 0.25) is 11.8 Å². The summed E-state index contributed by atoms with van der Waals surface area (Å²) in [7, 11) is 0. The van der Waals surface area contributed by atoms with Crippen LogP contribution in [0, 0.1) is 12.8 Å². The predicted octanol–water partition coefficient (Wildman–Crippen LogP) is 3.40. The molecule has 2 aromatic carbocycles. The number of amides is 2. The van der Waals surface area contributed by atoms with Gasteiger partial charge < -0.3 is 5.11 Å². The maximum atomic E-state index is 12.9. The van der Waals surface area contributed by atoms with Crippen molar-refractivity contribution in [1.82, 2.24) is 10.2 Å². The van der Waals surface area contributed by atoms with Crippen molar-refractivity contribution < 1.29 is 14.7 Å². The Labute approximate surface area is 183 Å². The Balaban J connectivity index is 1.38. The number of aliphatic hydroxyl groups is 1. The molecule has 2 heterocycles. The van der Waals surface area contributed by atoms with E-state index in [9.17, 15) is 14.7 Å². The van der Waals surface area contributed by atoms with Crippen molar-refractivity contribution in [3.05, 3.63) is 89.5 Å².